The predicted octanol–water partition coefficient (Wildman–Crippen LogP) is 1.73. The summed E-state index contributed by atoms with van der Waals surface area (Å²) in [7, 11) is 0. The maximum atomic E-state index is 12.9. The average molecular weight is 422 g/mol. The molecule has 1 aliphatic rings. The topological polar surface area (TPSA) is 134 Å². The number of pyridine rings is 1. The number of fused-ring (bicyclic) bond motifs is 2. The molecule has 0 radical (unpaired) electrons. The lowest BCUT2D eigenvalue weighted by Crippen LogP contribution is -2.23. The second-order valence-electron chi connectivity index (χ2n) is 7.11. The normalized spacial score (nSPS) is 12.5. The van der Waals surface area contributed by atoms with E-state index in [0.717, 1.165) is 0 Å². The molecule has 10 heteroatoms. The lowest BCUT2D eigenvalue weighted by atomic mass is 9.90. The Morgan fingerprint density at radius 1 is 1.23 bits per heavy atom. The zero-order chi connectivity index (χ0) is 22.1. The van der Waals surface area contributed by atoms with Crippen LogP contribution in [0.2, 0.25) is 0 Å². The largest absolute Gasteiger partial charge is 0.462 e. The Morgan fingerprint density at radius 2 is 2.03 bits per heavy atom. The number of hydrogen-bond acceptors (Lipinski definition) is 9. The highest BCUT2D eigenvalue weighted by Crippen LogP contribution is 2.32. The fourth-order valence-corrected chi connectivity index (χ4v) is 3.33. The average Bonchev–Trinajstić information content (AvgIpc) is 3.34. The van der Waals surface area contributed by atoms with Gasteiger partial charge >= 0.3 is 5.97 Å². The first-order valence-corrected chi connectivity index (χ1v) is 9.60. The lowest BCUT2D eigenvalue weighted by Gasteiger charge is -2.12. The highest BCUT2D eigenvalue weighted by Gasteiger charge is 2.39. The van der Waals surface area contributed by atoms with Gasteiger partial charge in [-0.25, -0.2) is 4.79 Å². The van der Waals surface area contributed by atoms with Crippen LogP contribution in [-0.2, 0) is 22.5 Å². The van der Waals surface area contributed by atoms with Crippen molar-refractivity contribution < 1.29 is 28.3 Å². The molecule has 31 heavy (non-hydrogen) atoms. The lowest BCUT2D eigenvalue weighted by molar-refractivity contribution is -0.117. The summed E-state index contributed by atoms with van der Waals surface area (Å²) in [5.74, 6) is -1.82. The molecule has 10 nitrogen and oxygen atoms in total. The number of furan rings is 1. The number of nitrogens with zero attached hydrogens (tertiary/aromatic N) is 4. The molecular formula is C21H18N4O6. The van der Waals surface area contributed by atoms with E-state index in [1.54, 1.807) is 16.9 Å². The minimum absolute atomic E-state index is 0.0133. The van der Waals surface area contributed by atoms with E-state index in [0.29, 0.717) is 25.1 Å². The summed E-state index contributed by atoms with van der Waals surface area (Å²) in [6.45, 7) is 3.41. The van der Waals surface area contributed by atoms with Crippen LogP contribution in [0.4, 0.5) is 0 Å². The third-order valence-corrected chi connectivity index (χ3v) is 4.86. The Morgan fingerprint density at radius 3 is 2.81 bits per heavy atom. The number of Topliss-reactive ketones (excluding diaryl/α,β-unsaturated/α-hetero) is 1. The maximum Gasteiger partial charge on any atom is 0.342 e. The second-order valence-corrected chi connectivity index (χ2v) is 7.11. The fourth-order valence-electron chi connectivity index (χ4n) is 3.33. The summed E-state index contributed by atoms with van der Waals surface area (Å²) < 4.78 is 12.3. The van der Waals surface area contributed by atoms with Crippen molar-refractivity contribution in [2.24, 2.45) is 0 Å². The van der Waals surface area contributed by atoms with Crippen molar-refractivity contribution in [1.82, 2.24) is 20.0 Å². The summed E-state index contributed by atoms with van der Waals surface area (Å²) in [6.07, 6.45) is 3.73. The number of esters is 1. The van der Waals surface area contributed by atoms with Crippen molar-refractivity contribution in [1.29, 1.82) is 0 Å². The Hall–Kier alpha value is -3.95. The summed E-state index contributed by atoms with van der Waals surface area (Å²) in [5.41, 5.74) is 0.522. The summed E-state index contributed by atoms with van der Waals surface area (Å²) >= 11 is 0. The first kappa shape index (κ1) is 20.3. The SMILES string of the molecule is CC(=O)CCn1cc(CCOC(=O)c2c(C)oc3c2C(=O)c2ncccc2C3=O)nn1. The smallest absolute Gasteiger partial charge is 0.342 e. The van der Waals surface area contributed by atoms with Crippen LogP contribution in [0.1, 0.15) is 67.3 Å². The van der Waals surface area contributed by atoms with Gasteiger partial charge in [0.15, 0.2) is 5.76 Å². The van der Waals surface area contributed by atoms with Gasteiger partial charge in [0, 0.05) is 31.8 Å². The molecule has 0 bridgehead atoms. The number of ether oxygens (including phenoxy) is 1. The summed E-state index contributed by atoms with van der Waals surface area (Å²) in [6, 6.07) is 3.04. The van der Waals surface area contributed by atoms with Crippen molar-refractivity contribution in [3.05, 3.63) is 64.1 Å². The Kier molecular flexibility index (Phi) is 5.28. The van der Waals surface area contributed by atoms with Crippen LogP contribution >= 0.6 is 0 Å². The minimum atomic E-state index is -0.771. The van der Waals surface area contributed by atoms with Gasteiger partial charge in [-0.3, -0.25) is 24.0 Å². The van der Waals surface area contributed by atoms with E-state index in [9.17, 15) is 19.2 Å². The van der Waals surface area contributed by atoms with E-state index in [4.69, 9.17) is 9.15 Å². The molecule has 4 rings (SSSR count). The Balaban J connectivity index is 1.47. The number of hydrogen-bond donors (Lipinski definition) is 0. The molecular weight excluding hydrogens is 404 g/mol. The Labute approximate surface area is 176 Å². The third kappa shape index (κ3) is 3.79. The van der Waals surface area contributed by atoms with Crippen LogP contribution in [0.5, 0.6) is 0 Å². The number of aromatic nitrogens is 4. The van der Waals surface area contributed by atoms with Gasteiger partial charge in [0.2, 0.25) is 11.6 Å². The number of rotatable bonds is 7. The van der Waals surface area contributed by atoms with Gasteiger partial charge in [0.05, 0.1) is 23.4 Å². The second kappa shape index (κ2) is 8.05. The van der Waals surface area contributed by atoms with Gasteiger partial charge in [-0.1, -0.05) is 5.21 Å². The van der Waals surface area contributed by atoms with Crippen LogP contribution in [0, 0.1) is 6.92 Å². The first-order chi connectivity index (χ1) is 14.9. The summed E-state index contributed by atoms with van der Waals surface area (Å²) in [4.78, 5) is 53.3. The van der Waals surface area contributed by atoms with Gasteiger partial charge in [-0.15, -0.1) is 5.10 Å². The van der Waals surface area contributed by atoms with Gasteiger partial charge in [0.25, 0.3) is 0 Å². The van der Waals surface area contributed by atoms with Crippen molar-refractivity contribution >= 4 is 23.3 Å². The number of ketones is 3. The van der Waals surface area contributed by atoms with E-state index in [2.05, 4.69) is 15.3 Å². The molecule has 3 aromatic heterocycles. The van der Waals surface area contributed by atoms with Crippen molar-refractivity contribution in [2.45, 2.75) is 33.2 Å². The highest BCUT2D eigenvalue weighted by molar-refractivity contribution is 6.29. The molecule has 0 N–H and O–H groups in total. The molecule has 0 saturated heterocycles. The van der Waals surface area contributed by atoms with Gasteiger partial charge in [0.1, 0.15) is 22.8 Å². The zero-order valence-corrected chi connectivity index (χ0v) is 16.9. The molecule has 1 aliphatic carbocycles. The standard InChI is InChI=1S/C21H18N4O6/c1-11(26)5-8-25-10-13(23-24-25)6-9-30-21(29)15-12(2)31-20-16(15)19(28)17-14(18(20)27)4-3-7-22-17/h3-4,7,10H,5-6,8-9H2,1-2H3. The van der Waals surface area contributed by atoms with Crippen LogP contribution in [0.15, 0.2) is 28.9 Å². The van der Waals surface area contributed by atoms with E-state index >= 15 is 0 Å². The molecule has 0 unspecified atom stereocenters. The number of aryl methyl sites for hydroxylation is 2. The number of carbonyl (C=O) groups is 4. The quantitative estimate of drug-likeness (QED) is 0.408. The maximum absolute atomic E-state index is 12.9. The molecule has 158 valence electrons. The predicted molar refractivity (Wildman–Crippen MR) is 104 cm³/mol. The molecule has 3 heterocycles. The van der Waals surface area contributed by atoms with E-state index in [1.807, 2.05) is 0 Å². The van der Waals surface area contributed by atoms with Crippen LogP contribution < -0.4 is 0 Å². The zero-order valence-electron chi connectivity index (χ0n) is 16.9. The molecule has 0 aromatic carbocycles. The van der Waals surface area contributed by atoms with Gasteiger partial charge in [-0.2, -0.15) is 0 Å². The molecule has 0 amide bonds. The molecule has 3 aromatic rings. The van der Waals surface area contributed by atoms with Crippen LogP contribution in [0.25, 0.3) is 0 Å². The van der Waals surface area contributed by atoms with Crippen LogP contribution in [-0.4, -0.2) is 49.9 Å². The van der Waals surface area contributed by atoms with Gasteiger partial charge in [-0.05, 0) is 26.0 Å². The summed E-state index contributed by atoms with van der Waals surface area (Å²) in [5, 5.41) is 7.89. The van der Waals surface area contributed by atoms with Crippen molar-refractivity contribution in [2.75, 3.05) is 6.61 Å². The van der Waals surface area contributed by atoms with E-state index in [1.165, 1.54) is 26.1 Å². The molecule has 0 spiro atoms. The van der Waals surface area contributed by atoms with E-state index in [-0.39, 0.29) is 46.3 Å². The molecule has 0 fully saturated rings. The Bertz CT molecular complexity index is 1220. The first-order valence-electron chi connectivity index (χ1n) is 9.60. The van der Waals surface area contributed by atoms with Crippen molar-refractivity contribution in [3.63, 3.8) is 0 Å². The molecule has 0 saturated carbocycles. The van der Waals surface area contributed by atoms with E-state index < -0.39 is 17.5 Å². The fraction of sp³-hybridized carbons (Fsp3) is 0.286. The molecule has 0 atom stereocenters. The van der Waals surface area contributed by atoms with Crippen molar-refractivity contribution in [3.8, 4) is 0 Å². The molecule has 0 aliphatic heterocycles. The third-order valence-electron chi connectivity index (χ3n) is 4.86. The minimum Gasteiger partial charge on any atom is -0.462 e. The monoisotopic (exact) mass is 422 g/mol. The van der Waals surface area contributed by atoms with Gasteiger partial charge < -0.3 is 9.15 Å². The number of carbonyl (C=O) groups excluding carboxylic acids is 4. The highest BCUT2D eigenvalue weighted by atomic mass is 16.5. The van der Waals surface area contributed by atoms with Crippen LogP contribution in [0.3, 0.4) is 0 Å².